The molecule has 0 aromatic carbocycles. The van der Waals surface area contributed by atoms with Crippen molar-refractivity contribution in [1.82, 2.24) is 5.32 Å². The molecule has 84 valence electrons. The zero-order valence-corrected chi connectivity index (χ0v) is 11.3. The second-order valence-corrected chi connectivity index (χ2v) is 6.68. The van der Waals surface area contributed by atoms with Gasteiger partial charge in [-0.25, -0.2) is 0 Å². The minimum absolute atomic E-state index is 0.364. The Kier molecular flexibility index (Phi) is 6.54. The van der Waals surface area contributed by atoms with Gasteiger partial charge in [-0.3, -0.25) is 0 Å². The molecule has 0 aliphatic rings. The van der Waals surface area contributed by atoms with Crippen LogP contribution >= 0.6 is 11.8 Å². The van der Waals surface area contributed by atoms with E-state index in [0.29, 0.717) is 10.8 Å². The summed E-state index contributed by atoms with van der Waals surface area (Å²) in [6.45, 7) is 14.3. The van der Waals surface area contributed by atoms with E-state index in [-0.39, 0.29) is 0 Å². The topological polar surface area (TPSA) is 12.0 Å². The molecule has 0 fully saturated rings. The third kappa shape index (κ3) is 8.64. The number of likely N-dealkylation sites (N-methyl/N-ethyl adjacent to an activating group) is 1. The Labute approximate surface area is 93.7 Å². The van der Waals surface area contributed by atoms with Crippen LogP contribution in [0, 0.1) is 0 Å². The number of hydrogen-bond donors (Lipinski definition) is 1. The smallest absolute Gasteiger partial charge is 0.0343 e. The first-order valence-electron chi connectivity index (χ1n) is 5.37. The highest BCUT2D eigenvalue weighted by molar-refractivity contribution is 8.00. The van der Waals surface area contributed by atoms with Crippen LogP contribution in [0.3, 0.4) is 0 Å². The zero-order chi connectivity index (χ0) is 11.2. The highest BCUT2D eigenvalue weighted by Gasteiger charge is 2.13. The van der Waals surface area contributed by atoms with E-state index in [1.54, 1.807) is 0 Å². The Morgan fingerprint density at radius 2 is 1.93 bits per heavy atom. The second kappa shape index (κ2) is 6.52. The van der Waals surface area contributed by atoms with E-state index in [2.05, 4.69) is 52.9 Å². The van der Waals surface area contributed by atoms with Gasteiger partial charge in [-0.15, -0.1) is 0 Å². The molecule has 1 nitrogen and oxygen atoms in total. The van der Waals surface area contributed by atoms with Crippen LogP contribution in [0.25, 0.3) is 0 Å². The summed E-state index contributed by atoms with van der Waals surface area (Å²) in [5.41, 5.74) is 1.39. The largest absolute Gasteiger partial charge is 0.310 e. The van der Waals surface area contributed by atoms with Crippen LogP contribution in [0.2, 0.25) is 0 Å². The molecule has 2 heteroatoms. The Morgan fingerprint density at radius 3 is 2.29 bits per heavy atom. The fourth-order valence-electron chi connectivity index (χ4n) is 1.17. The molecule has 0 saturated carbocycles. The Morgan fingerprint density at radius 1 is 1.36 bits per heavy atom. The van der Waals surface area contributed by atoms with Crippen molar-refractivity contribution in [1.29, 1.82) is 0 Å². The fourth-order valence-corrected chi connectivity index (χ4v) is 2.06. The summed E-state index contributed by atoms with van der Waals surface area (Å²) in [7, 11) is 0. The molecule has 0 radical (unpaired) electrons. The highest BCUT2D eigenvalue weighted by Crippen LogP contribution is 2.24. The molecule has 0 aliphatic carbocycles. The van der Waals surface area contributed by atoms with Gasteiger partial charge in [0.05, 0.1) is 0 Å². The van der Waals surface area contributed by atoms with Crippen molar-refractivity contribution in [2.45, 2.75) is 52.3 Å². The average Bonchev–Trinajstić information content (AvgIpc) is 1.98. The van der Waals surface area contributed by atoms with Gasteiger partial charge in [-0.05, 0) is 20.4 Å². The zero-order valence-electron chi connectivity index (χ0n) is 10.5. The first kappa shape index (κ1) is 14.1. The van der Waals surface area contributed by atoms with E-state index in [4.69, 9.17) is 0 Å². The monoisotopic (exact) mass is 215 g/mol. The summed E-state index contributed by atoms with van der Waals surface area (Å²) in [4.78, 5) is 0. The SMILES string of the molecule is CCNC(C=C(C)C)CSC(C)(C)C. The molecule has 0 rings (SSSR count). The summed E-state index contributed by atoms with van der Waals surface area (Å²) in [6.07, 6.45) is 2.32. The van der Waals surface area contributed by atoms with Crippen molar-refractivity contribution >= 4 is 11.8 Å². The van der Waals surface area contributed by atoms with E-state index in [1.807, 2.05) is 11.8 Å². The van der Waals surface area contributed by atoms with Crippen molar-refractivity contribution in [3.8, 4) is 0 Å². The molecule has 1 N–H and O–H groups in total. The average molecular weight is 215 g/mol. The molecule has 1 atom stereocenters. The van der Waals surface area contributed by atoms with Gasteiger partial charge in [-0.1, -0.05) is 39.3 Å². The summed E-state index contributed by atoms with van der Waals surface area (Å²) in [6, 6.07) is 0.522. The minimum atomic E-state index is 0.364. The van der Waals surface area contributed by atoms with Gasteiger partial charge in [-0.2, -0.15) is 11.8 Å². The maximum atomic E-state index is 3.49. The van der Waals surface area contributed by atoms with Crippen LogP contribution in [-0.4, -0.2) is 23.1 Å². The predicted molar refractivity (Wildman–Crippen MR) is 69.1 cm³/mol. The lowest BCUT2D eigenvalue weighted by molar-refractivity contribution is 0.660. The molecular weight excluding hydrogens is 190 g/mol. The van der Waals surface area contributed by atoms with Gasteiger partial charge in [0.25, 0.3) is 0 Å². The van der Waals surface area contributed by atoms with Crippen molar-refractivity contribution in [3.63, 3.8) is 0 Å². The molecule has 0 aromatic rings. The summed E-state index contributed by atoms with van der Waals surface area (Å²) in [5, 5.41) is 3.49. The van der Waals surface area contributed by atoms with E-state index in [1.165, 1.54) is 5.57 Å². The molecule has 0 aliphatic heterocycles. The van der Waals surface area contributed by atoms with Crippen LogP contribution in [0.1, 0.15) is 41.5 Å². The Balaban J connectivity index is 4.04. The Hall–Kier alpha value is 0.0500. The van der Waals surface area contributed by atoms with Crippen LogP contribution in [0.15, 0.2) is 11.6 Å². The van der Waals surface area contributed by atoms with Gasteiger partial charge in [0.1, 0.15) is 0 Å². The van der Waals surface area contributed by atoms with Gasteiger partial charge in [0, 0.05) is 16.5 Å². The van der Waals surface area contributed by atoms with E-state index in [9.17, 15) is 0 Å². The number of hydrogen-bond acceptors (Lipinski definition) is 2. The lowest BCUT2D eigenvalue weighted by atomic mass is 10.2. The first-order chi connectivity index (χ1) is 6.35. The van der Waals surface area contributed by atoms with Gasteiger partial charge < -0.3 is 5.32 Å². The lowest BCUT2D eigenvalue weighted by Crippen LogP contribution is -2.31. The number of thioether (sulfide) groups is 1. The molecule has 0 saturated heterocycles. The molecule has 1 unspecified atom stereocenters. The van der Waals surface area contributed by atoms with Crippen LogP contribution < -0.4 is 5.32 Å². The molecule has 0 amide bonds. The van der Waals surface area contributed by atoms with Crippen molar-refractivity contribution in [2.24, 2.45) is 0 Å². The highest BCUT2D eigenvalue weighted by atomic mass is 32.2. The van der Waals surface area contributed by atoms with Crippen molar-refractivity contribution in [3.05, 3.63) is 11.6 Å². The maximum absolute atomic E-state index is 3.49. The van der Waals surface area contributed by atoms with Crippen molar-refractivity contribution in [2.75, 3.05) is 12.3 Å². The molecule has 0 spiro atoms. The van der Waals surface area contributed by atoms with Gasteiger partial charge >= 0.3 is 0 Å². The summed E-state index contributed by atoms with van der Waals surface area (Å²) >= 11 is 2.02. The van der Waals surface area contributed by atoms with E-state index in [0.717, 1.165) is 12.3 Å². The number of allylic oxidation sites excluding steroid dienone is 1. The number of nitrogens with one attached hydrogen (secondary N) is 1. The second-order valence-electron chi connectivity index (χ2n) is 4.83. The molecule has 0 heterocycles. The Bertz CT molecular complexity index is 175. The molecule has 0 bridgehead atoms. The maximum Gasteiger partial charge on any atom is 0.0343 e. The molecule has 14 heavy (non-hydrogen) atoms. The predicted octanol–water partition coefficient (Wildman–Crippen LogP) is 3.46. The van der Waals surface area contributed by atoms with Gasteiger partial charge in [0.15, 0.2) is 0 Å². The van der Waals surface area contributed by atoms with E-state index < -0.39 is 0 Å². The first-order valence-corrected chi connectivity index (χ1v) is 6.36. The summed E-state index contributed by atoms with van der Waals surface area (Å²) in [5.74, 6) is 1.16. The van der Waals surface area contributed by atoms with Gasteiger partial charge in [0.2, 0.25) is 0 Å². The fraction of sp³-hybridized carbons (Fsp3) is 0.833. The third-order valence-electron chi connectivity index (χ3n) is 1.70. The quantitative estimate of drug-likeness (QED) is 0.705. The standard InChI is InChI=1S/C12H25NS/c1-7-13-11(8-10(2)3)9-14-12(4,5)6/h8,11,13H,7,9H2,1-6H3. The third-order valence-corrected chi connectivity index (χ3v) is 3.09. The normalized spacial score (nSPS) is 13.9. The van der Waals surface area contributed by atoms with Crippen molar-refractivity contribution < 1.29 is 0 Å². The molecule has 0 aromatic heterocycles. The van der Waals surface area contributed by atoms with Crippen LogP contribution in [0.5, 0.6) is 0 Å². The molecular formula is C12H25NS. The van der Waals surface area contributed by atoms with Crippen LogP contribution in [-0.2, 0) is 0 Å². The minimum Gasteiger partial charge on any atom is -0.310 e. The number of rotatable bonds is 5. The van der Waals surface area contributed by atoms with E-state index >= 15 is 0 Å². The lowest BCUT2D eigenvalue weighted by Gasteiger charge is -2.22. The van der Waals surface area contributed by atoms with Crippen LogP contribution in [0.4, 0.5) is 0 Å². The summed E-state index contributed by atoms with van der Waals surface area (Å²) < 4.78 is 0.364.